The normalized spacial score (nSPS) is 14.6. The molecule has 8 heteroatoms. The maximum absolute atomic E-state index is 12.5. The van der Waals surface area contributed by atoms with Gasteiger partial charge in [-0.1, -0.05) is 12.5 Å². The van der Waals surface area contributed by atoms with E-state index in [1.54, 1.807) is 0 Å². The number of carbonyl (C=O) groups excluding carboxylic acids is 1. The van der Waals surface area contributed by atoms with Crippen molar-refractivity contribution in [2.45, 2.75) is 46.1 Å². The maximum atomic E-state index is 12.5. The first-order valence-corrected chi connectivity index (χ1v) is 12.2. The summed E-state index contributed by atoms with van der Waals surface area (Å²) in [5, 5.41) is 0.948. The van der Waals surface area contributed by atoms with Gasteiger partial charge in [0.2, 0.25) is 0 Å². The van der Waals surface area contributed by atoms with E-state index in [1.807, 2.05) is 38.2 Å². The van der Waals surface area contributed by atoms with Crippen LogP contribution in [0.4, 0.5) is 5.82 Å². The van der Waals surface area contributed by atoms with Gasteiger partial charge in [-0.25, -0.2) is 14.8 Å². The van der Waals surface area contributed by atoms with E-state index in [2.05, 4.69) is 21.8 Å². The second-order valence-corrected chi connectivity index (χ2v) is 9.25. The van der Waals surface area contributed by atoms with E-state index in [0.717, 1.165) is 65.7 Å². The fourth-order valence-electron chi connectivity index (χ4n) is 4.15. The molecule has 0 saturated carbocycles. The van der Waals surface area contributed by atoms with Gasteiger partial charge < -0.3 is 9.64 Å². The van der Waals surface area contributed by atoms with Crippen LogP contribution in [0, 0.1) is 6.92 Å². The van der Waals surface area contributed by atoms with E-state index in [-0.39, 0.29) is 5.97 Å². The highest BCUT2D eigenvalue weighted by atomic mass is 32.1. The molecule has 0 aromatic carbocycles. The molecule has 1 aliphatic rings. The van der Waals surface area contributed by atoms with Crippen LogP contribution < -0.4 is 4.90 Å². The van der Waals surface area contributed by atoms with Gasteiger partial charge in [-0.05, 0) is 57.5 Å². The zero-order chi connectivity index (χ0) is 22.5. The van der Waals surface area contributed by atoms with E-state index >= 15 is 0 Å². The van der Waals surface area contributed by atoms with Crippen LogP contribution in [0.15, 0.2) is 24.4 Å². The van der Waals surface area contributed by atoms with Gasteiger partial charge in [-0.2, -0.15) is 0 Å². The van der Waals surface area contributed by atoms with Crippen LogP contribution in [0.3, 0.4) is 0 Å². The minimum absolute atomic E-state index is 0.285. The van der Waals surface area contributed by atoms with Crippen molar-refractivity contribution in [3.05, 3.63) is 46.4 Å². The molecule has 32 heavy (non-hydrogen) atoms. The number of pyridine rings is 1. The van der Waals surface area contributed by atoms with E-state index < -0.39 is 0 Å². The van der Waals surface area contributed by atoms with Crippen LogP contribution in [0.1, 0.15) is 52.9 Å². The Balaban J connectivity index is 1.68. The quantitative estimate of drug-likeness (QED) is 0.473. The molecule has 7 nitrogen and oxygen atoms in total. The minimum Gasteiger partial charge on any atom is -0.462 e. The molecule has 4 heterocycles. The summed E-state index contributed by atoms with van der Waals surface area (Å²) in [6.07, 6.45) is 6.39. The summed E-state index contributed by atoms with van der Waals surface area (Å²) in [6, 6.07) is 5.98. The molecule has 0 aliphatic carbocycles. The molecule has 0 N–H and O–H groups in total. The van der Waals surface area contributed by atoms with Crippen molar-refractivity contribution in [2.75, 3.05) is 38.2 Å². The number of anilines is 1. The lowest BCUT2D eigenvalue weighted by atomic mass is 10.1. The Morgan fingerprint density at radius 1 is 1.22 bits per heavy atom. The molecular weight excluding hydrogens is 422 g/mol. The van der Waals surface area contributed by atoms with Crippen molar-refractivity contribution in [3.63, 3.8) is 0 Å². The van der Waals surface area contributed by atoms with Crippen molar-refractivity contribution in [2.24, 2.45) is 0 Å². The van der Waals surface area contributed by atoms with Crippen molar-refractivity contribution in [1.29, 1.82) is 0 Å². The monoisotopic (exact) mass is 453 g/mol. The second kappa shape index (κ2) is 10.4. The van der Waals surface area contributed by atoms with Crippen molar-refractivity contribution in [3.8, 4) is 0 Å². The molecule has 3 aromatic heterocycles. The number of nitrogens with zero attached hydrogens (tertiary/aromatic N) is 5. The standard InChI is InChI=1S/C24H31N5O2S/c1-4-31-24(30)21-17(2)20-22(28(3)15-11-18-10-6-7-12-25-18)26-19(27-23(20)32-21)16-29-13-8-5-9-14-29/h6-7,10,12H,4-5,8-9,11,13-16H2,1-3H3. The largest absolute Gasteiger partial charge is 0.462 e. The summed E-state index contributed by atoms with van der Waals surface area (Å²) in [5.41, 5.74) is 1.94. The number of hydrogen-bond donors (Lipinski definition) is 0. The van der Waals surface area contributed by atoms with Gasteiger partial charge in [-0.15, -0.1) is 11.3 Å². The fraction of sp³-hybridized carbons (Fsp3) is 0.500. The molecule has 170 valence electrons. The molecule has 0 radical (unpaired) electrons. The average molecular weight is 454 g/mol. The van der Waals surface area contributed by atoms with Gasteiger partial charge in [0.15, 0.2) is 0 Å². The van der Waals surface area contributed by atoms with Crippen LogP contribution in [-0.4, -0.2) is 59.1 Å². The number of esters is 1. The SMILES string of the molecule is CCOC(=O)c1sc2nc(CN3CCCCC3)nc(N(C)CCc3ccccn3)c2c1C. The molecular formula is C24H31N5O2S. The third-order valence-electron chi connectivity index (χ3n) is 5.88. The number of piperidine rings is 1. The minimum atomic E-state index is -0.285. The summed E-state index contributed by atoms with van der Waals surface area (Å²) in [7, 11) is 2.05. The Hall–Kier alpha value is -2.58. The first-order chi connectivity index (χ1) is 15.6. The highest BCUT2D eigenvalue weighted by Crippen LogP contribution is 2.36. The van der Waals surface area contributed by atoms with Gasteiger partial charge in [0, 0.05) is 31.9 Å². The third-order valence-corrected chi connectivity index (χ3v) is 7.05. The molecule has 0 bridgehead atoms. The predicted octanol–water partition coefficient (Wildman–Crippen LogP) is 4.24. The second-order valence-electron chi connectivity index (χ2n) is 8.25. The first-order valence-electron chi connectivity index (χ1n) is 11.4. The van der Waals surface area contributed by atoms with Gasteiger partial charge in [0.05, 0.1) is 18.5 Å². The van der Waals surface area contributed by atoms with Crippen molar-refractivity contribution >= 4 is 33.3 Å². The van der Waals surface area contributed by atoms with Crippen LogP contribution in [0.25, 0.3) is 10.2 Å². The molecule has 4 rings (SSSR count). The molecule has 1 saturated heterocycles. The summed E-state index contributed by atoms with van der Waals surface area (Å²) in [6.45, 7) is 7.84. The summed E-state index contributed by atoms with van der Waals surface area (Å²) in [5.74, 6) is 1.41. The molecule has 0 spiro atoms. The van der Waals surface area contributed by atoms with Crippen LogP contribution in [0.5, 0.6) is 0 Å². The number of ether oxygens (including phenoxy) is 1. The zero-order valence-electron chi connectivity index (χ0n) is 19.1. The Labute approximate surface area is 193 Å². The number of likely N-dealkylation sites (tertiary alicyclic amines) is 1. The Morgan fingerprint density at radius 2 is 2.03 bits per heavy atom. The summed E-state index contributed by atoms with van der Waals surface area (Å²) in [4.78, 5) is 32.9. The van der Waals surface area contributed by atoms with Crippen molar-refractivity contribution < 1.29 is 9.53 Å². The molecule has 3 aromatic rings. The number of aromatic nitrogens is 3. The molecule has 0 unspecified atom stereocenters. The zero-order valence-corrected chi connectivity index (χ0v) is 20.0. The molecule has 0 amide bonds. The maximum Gasteiger partial charge on any atom is 0.348 e. The number of aryl methyl sites for hydroxylation is 1. The lowest BCUT2D eigenvalue weighted by molar-refractivity contribution is 0.0531. The Kier molecular flexibility index (Phi) is 7.32. The number of carbonyl (C=O) groups is 1. The fourth-order valence-corrected chi connectivity index (χ4v) is 5.24. The first kappa shape index (κ1) is 22.6. The summed E-state index contributed by atoms with van der Waals surface area (Å²) < 4.78 is 5.29. The van der Waals surface area contributed by atoms with E-state index in [1.165, 1.54) is 30.6 Å². The Bertz CT molecular complexity index is 1060. The lowest BCUT2D eigenvalue weighted by Crippen LogP contribution is -2.30. The number of fused-ring (bicyclic) bond motifs is 1. The molecule has 0 atom stereocenters. The number of likely N-dealkylation sites (N-methyl/N-ethyl adjacent to an activating group) is 1. The smallest absolute Gasteiger partial charge is 0.348 e. The van der Waals surface area contributed by atoms with Gasteiger partial charge in [-0.3, -0.25) is 9.88 Å². The number of hydrogen-bond acceptors (Lipinski definition) is 8. The highest BCUT2D eigenvalue weighted by Gasteiger charge is 2.24. The molecule has 1 fully saturated rings. The van der Waals surface area contributed by atoms with Crippen LogP contribution in [0.2, 0.25) is 0 Å². The lowest BCUT2D eigenvalue weighted by Gasteiger charge is -2.26. The van der Waals surface area contributed by atoms with Gasteiger partial charge in [0.25, 0.3) is 0 Å². The average Bonchev–Trinajstić information content (AvgIpc) is 3.15. The highest BCUT2D eigenvalue weighted by molar-refractivity contribution is 7.20. The van der Waals surface area contributed by atoms with E-state index in [9.17, 15) is 4.79 Å². The van der Waals surface area contributed by atoms with Gasteiger partial charge in [0.1, 0.15) is 21.3 Å². The third kappa shape index (κ3) is 5.07. The molecule has 1 aliphatic heterocycles. The Morgan fingerprint density at radius 3 is 2.75 bits per heavy atom. The van der Waals surface area contributed by atoms with E-state index in [4.69, 9.17) is 14.7 Å². The number of rotatable bonds is 8. The topological polar surface area (TPSA) is 71.5 Å². The number of thiophene rings is 1. The summed E-state index contributed by atoms with van der Waals surface area (Å²) >= 11 is 1.41. The van der Waals surface area contributed by atoms with E-state index in [0.29, 0.717) is 11.5 Å². The van der Waals surface area contributed by atoms with Gasteiger partial charge >= 0.3 is 5.97 Å². The van der Waals surface area contributed by atoms with Crippen LogP contribution in [-0.2, 0) is 17.7 Å². The van der Waals surface area contributed by atoms with Crippen molar-refractivity contribution in [1.82, 2.24) is 19.9 Å². The van der Waals surface area contributed by atoms with Crippen LogP contribution >= 0.6 is 11.3 Å². The predicted molar refractivity (Wildman–Crippen MR) is 128 cm³/mol.